The van der Waals surface area contributed by atoms with Gasteiger partial charge in [-0.3, -0.25) is 19.3 Å². The summed E-state index contributed by atoms with van der Waals surface area (Å²) < 4.78 is 2.02. The van der Waals surface area contributed by atoms with Gasteiger partial charge in [0.05, 0.1) is 11.4 Å². The number of rotatable bonds is 5. The van der Waals surface area contributed by atoms with Crippen molar-refractivity contribution < 1.29 is 14.4 Å². The molecule has 3 amide bonds. The zero-order chi connectivity index (χ0) is 23.8. The highest BCUT2D eigenvalue weighted by molar-refractivity contribution is 8.18. The van der Waals surface area contributed by atoms with E-state index in [2.05, 4.69) is 0 Å². The minimum absolute atomic E-state index is 0.186. The summed E-state index contributed by atoms with van der Waals surface area (Å²) in [5.41, 5.74) is 2.56. The molecule has 174 valence electrons. The van der Waals surface area contributed by atoms with Gasteiger partial charge < -0.3 is 9.47 Å². The van der Waals surface area contributed by atoms with Gasteiger partial charge in [0, 0.05) is 51.4 Å². The zero-order valence-corrected chi connectivity index (χ0v) is 20.5. The van der Waals surface area contributed by atoms with Gasteiger partial charge in [-0.2, -0.15) is 0 Å². The molecule has 3 aromatic rings. The lowest BCUT2D eigenvalue weighted by Gasteiger charge is -2.18. The van der Waals surface area contributed by atoms with Gasteiger partial charge in [-0.05, 0) is 48.9 Å². The number of fused-ring (bicyclic) bond motifs is 1. The Bertz CT molecular complexity index is 1320. The number of benzene rings is 2. The van der Waals surface area contributed by atoms with Crippen molar-refractivity contribution in [1.82, 2.24) is 14.4 Å². The number of carbonyl (C=O) groups is 3. The fourth-order valence-corrected chi connectivity index (χ4v) is 5.70. The average molecular weight is 514 g/mol. The van der Waals surface area contributed by atoms with Crippen LogP contribution < -0.4 is 0 Å². The van der Waals surface area contributed by atoms with Crippen molar-refractivity contribution in [3.63, 3.8) is 0 Å². The molecular weight excluding hydrogens is 493 g/mol. The van der Waals surface area contributed by atoms with Gasteiger partial charge >= 0.3 is 0 Å². The highest BCUT2D eigenvalue weighted by Crippen LogP contribution is 2.35. The maximum atomic E-state index is 13.0. The van der Waals surface area contributed by atoms with Crippen molar-refractivity contribution in [3.8, 4) is 0 Å². The number of thioether (sulfide) groups is 1. The summed E-state index contributed by atoms with van der Waals surface area (Å²) in [5.74, 6) is -0.622. The maximum absolute atomic E-state index is 13.0. The first-order chi connectivity index (χ1) is 16.4. The first kappa shape index (κ1) is 23.0. The monoisotopic (exact) mass is 513 g/mol. The first-order valence-electron chi connectivity index (χ1n) is 11.0. The number of likely N-dealkylation sites (tertiary alicyclic amines) is 1. The van der Waals surface area contributed by atoms with Crippen LogP contribution in [0.25, 0.3) is 17.0 Å². The molecule has 2 fully saturated rings. The van der Waals surface area contributed by atoms with Crippen molar-refractivity contribution in [2.45, 2.75) is 19.4 Å². The molecule has 0 radical (unpaired) electrons. The molecular formula is C25H21Cl2N3O3S. The second-order valence-corrected chi connectivity index (χ2v) is 10.1. The van der Waals surface area contributed by atoms with Crippen molar-refractivity contribution >= 4 is 69.0 Å². The summed E-state index contributed by atoms with van der Waals surface area (Å²) in [6.07, 6.45) is 5.56. The van der Waals surface area contributed by atoms with Crippen LogP contribution in [0.4, 0.5) is 4.79 Å². The van der Waals surface area contributed by atoms with Crippen LogP contribution in [0.1, 0.15) is 24.0 Å². The fraction of sp³-hybridized carbons (Fsp3) is 0.240. The highest BCUT2D eigenvalue weighted by Gasteiger charge is 2.37. The van der Waals surface area contributed by atoms with Gasteiger partial charge in [-0.15, -0.1) is 0 Å². The summed E-state index contributed by atoms with van der Waals surface area (Å²) in [4.78, 5) is 41.1. The average Bonchev–Trinajstić information content (AvgIpc) is 3.53. The van der Waals surface area contributed by atoms with Crippen molar-refractivity contribution in [2.75, 3.05) is 19.6 Å². The lowest BCUT2D eigenvalue weighted by molar-refractivity contribution is -0.135. The van der Waals surface area contributed by atoms with Crippen LogP contribution >= 0.6 is 35.0 Å². The van der Waals surface area contributed by atoms with Gasteiger partial charge in [-0.1, -0.05) is 47.5 Å². The molecule has 0 atom stereocenters. The molecule has 0 spiro atoms. The van der Waals surface area contributed by atoms with Crippen LogP contribution in [0.3, 0.4) is 0 Å². The molecule has 0 aliphatic carbocycles. The molecule has 0 bridgehead atoms. The van der Waals surface area contributed by atoms with E-state index in [1.165, 1.54) is 0 Å². The summed E-state index contributed by atoms with van der Waals surface area (Å²) in [7, 11) is 0. The van der Waals surface area contributed by atoms with Crippen LogP contribution in [0.5, 0.6) is 0 Å². The minimum atomic E-state index is -0.437. The Morgan fingerprint density at radius 1 is 1.00 bits per heavy atom. The number of carbonyl (C=O) groups excluding carboxylic acids is 3. The number of halogens is 2. The van der Waals surface area contributed by atoms with Crippen LogP contribution in [0, 0.1) is 0 Å². The number of nitrogens with zero attached hydrogens (tertiary/aromatic N) is 3. The third-order valence-electron chi connectivity index (χ3n) is 6.12. The van der Waals surface area contributed by atoms with Gasteiger partial charge in [0.2, 0.25) is 5.91 Å². The summed E-state index contributed by atoms with van der Waals surface area (Å²) >= 11 is 13.6. The maximum Gasteiger partial charge on any atom is 0.294 e. The topological polar surface area (TPSA) is 62.6 Å². The highest BCUT2D eigenvalue weighted by atomic mass is 35.5. The SMILES string of the molecule is O=C(CN1C(=O)S/C(=C\c2cn(Cc3c(Cl)cccc3Cl)c3ccccc23)C1=O)N1CCCC1. The van der Waals surface area contributed by atoms with Gasteiger partial charge in [-0.25, -0.2) is 0 Å². The standard InChI is InChI=1S/C25H21Cl2N3O3S/c26-19-7-5-8-20(27)18(19)14-29-13-16(17-6-1-2-9-21(17)29)12-22-24(32)30(25(33)34-22)15-23(31)28-10-3-4-11-28/h1-2,5-9,12-13H,3-4,10-11,14-15H2/b22-12-. The van der Waals surface area contributed by atoms with Crippen LogP contribution in [0.15, 0.2) is 53.6 Å². The molecule has 0 N–H and O–H groups in total. The van der Waals surface area contributed by atoms with Gasteiger partial charge in [0.1, 0.15) is 6.54 Å². The Balaban J connectivity index is 1.44. The number of aromatic nitrogens is 1. The predicted molar refractivity (Wildman–Crippen MR) is 136 cm³/mol. The molecule has 5 rings (SSSR count). The van der Waals surface area contributed by atoms with E-state index in [1.807, 2.05) is 35.0 Å². The van der Waals surface area contributed by atoms with E-state index >= 15 is 0 Å². The molecule has 1 aromatic heterocycles. The number of hydrogen-bond donors (Lipinski definition) is 0. The smallest absolute Gasteiger partial charge is 0.294 e. The quantitative estimate of drug-likeness (QED) is 0.413. The molecule has 2 aliphatic rings. The molecule has 34 heavy (non-hydrogen) atoms. The largest absolute Gasteiger partial charge is 0.342 e. The summed E-state index contributed by atoms with van der Waals surface area (Å²) in [5, 5.41) is 1.67. The number of imide groups is 1. The normalized spacial score (nSPS) is 17.5. The first-order valence-corrected chi connectivity index (χ1v) is 12.5. The summed E-state index contributed by atoms with van der Waals surface area (Å²) in [6.45, 7) is 1.60. The van der Waals surface area contributed by atoms with Gasteiger partial charge in [0.15, 0.2) is 0 Å². The van der Waals surface area contributed by atoms with Crippen molar-refractivity contribution in [1.29, 1.82) is 0 Å². The van der Waals surface area contributed by atoms with E-state index in [4.69, 9.17) is 23.2 Å². The molecule has 9 heteroatoms. The molecule has 2 saturated heterocycles. The number of para-hydroxylation sites is 1. The predicted octanol–water partition coefficient (Wildman–Crippen LogP) is 5.66. The van der Waals surface area contributed by atoms with Crippen molar-refractivity contribution in [3.05, 3.63) is 74.7 Å². The third-order valence-corrected chi connectivity index (χ3v) is 7.74. The zero-order valence-electron chi connectivity index (χ0n) is 18.2. The van der Waals surface area contributed by atoms with E-state index in [-0.39, 0.29) is 12.5 Å². The molecule has 3 heterocycles. The minimum Gasteiger partial charge on any atom is -0.342 e. The second kappa shape index (κ2) is 9.49. The molecule has 0 saturated carbocycles. The Hall–Kier alpha value is -2.74. The lowest BCUT2D eigenvalue weighted by Crippen LogP contribution is -2.40. The van der Waals surface area contributed by atoms with Crippen LogP contribution in [0.2, 0.25) is 10.0 Å². The Labute approximate surface area is 211 Å². The Kier molecular flexibility index (Phi) is 6.42. The lowest BCUT2D eigenvalue weighted by atomic mass is 10.1. The Morgan fingerprint density at radius 3 is 2.44 bits per heavy atom. The van der Waals surface area contributed by atoms with E-state index < -0.39 is 11.1 Å². The summed E-state index contributed by atoms with van der Waals surface area (Å²) in [6, 6.07) is 13.2. The Morgan fingerprint density at radius 2 is 1.71 bits per heavy atom. The van der Waals surface area contributed by atoms with E-state index in [9.17, 15) is 14.4 Å². The van der Waals surface area contributed by atoms with Crippen molar-refractivity contribution in [2.24, 2.45) is 0 Å². The number of hydrogen-bond acceptors (Lipinski definition) is 4. The molecule has 2 aromatic carbocycles. The third kappa shape index (κ3) is 4.35. The van der Waals surface area contributed by atoms with Crippen LogP contribution in [-0.2, 0) is 16.1 Å². The van der Waals surface area contributed by atoms with Crippen LogP contribution in [-0.4, -0.2) is 51.1 Å². The number of amides is 3. The van der Waals surface area contributed by atoms with E-state index in [0.29, 0.717) is 34.6 Å². The van der Waals surface area contributed by atoms with E-state index in [1.54, 1.807) is 29.2 Å². The van der Waals surface area contributed by atoms with E-state index in [0.717, 1.165) is 51.5 Å². The van der Waals surface area contributed by atoms with Gasteiger partial charge in [0.25, 0.3) is 11.1 Å². The molecule has 0 unspecified atom stereocenters. The molecule has 6 nitrogen and oxygen atoms in total. The molecule has 2 aliphatic heterocycles. The fourth-order valence-electron chi connectivity index (χ4n) is 4.35. The second-order valence-electron chi connectivity index (χ2n) is 8.29.